The number of hydrogen-bond acceptors (Lipinski definition) is 3. The number of rotatable bonds is 4. The molecule has 0 saturated heterocycles. The van der Waals surface area contributed by atoms with Crippen LogP contribution in [0.1, 0.15) is 23.6 Å². The first-order valence-corrected chi connectivity index (χ1v) is 7.37. The minimum Gasteiger partial charge on any atom is -0.483 e. The first-order valence-electron chi connectivity index (χ1n) is 7.37. The van der Waals surface area contributed by atoms with Crippen LogP contribution in [0.2, 0.25) is 0 Å². The summed E-state index contributed by atoms with van der Waals surface area (Å²) in [6.07, 6.45) is -4.14. The molecule has 132 valence electrons. The molecule has 25 heavy (non-hydrogen) atoms. The summed E-state index contributed by atoms with van der Waals surface area (Å²) in [7, 11) is 1.45. The minimum absolute atomic E-state index is 0.240. The molecule has 0 aliphatic heterocycles. The van der Waals surface area contributed by atoms with Gasteiger partial charge in [0.25, 0.3) is 0 Å². The van der Waals surface area contributed by atoms with Crippen LogP contribution in [0.3, 0.4) is 0 Å². The van der Waals surface area contributed by atoms with Crippen molar-refractivity contribution in [3.63, 3.8) is 0 Å². The largest absolute Gasteiger partial charge is 0.483 e. The van der Waals surface area contributed by atoms with Crippen molar-refractivity contribution in [3.05, 3.63) is 71.0 Å². The van der Waals surface area contributed by atoms with E-state index < -0.39 is 17.6 Å². The fourth-order valence-corrected chi connectivity index (χ4v) is 2.01. The zero-order chi connectivity index (χ0) is 18.4. The molecule has 0 aliphatic carbocycles. The van der Waals surface area contributed by atoms with Crippen LogP contribution in [0.5, 0.6) is 0 Å². The Balaban J connectivity index is 2.31. The molecule has 0 unspecified atom stereocenters. The maximum Gasteiger partial charge on any atom is 0.416 e. The Morgan fingerprint density at radius 2 is 1.56 bits per heavy atom. The minimum atomic E-state index is -4.38. The molecule has 0 atom stereocenters. The molecule has 0 N–H and O–H groups in total. The molecule has 0 fully saturated rings. The molecule has 2 aromatic carbocycles. The lowest BCUT2D eigenvalue weighted by molar-refractivity contribution is -0.137. The molecule has 0 radical (unpaired) electrons. The number of nitrogens with zero attached hydrogens (tertiary/aromatic N) is 2. The Morgan fingerprint density at radius 3 is 2.08 bits per heavy atom. The molecule has 0 heterocycles. The van der Waals surface area contributed by atoms with E-state index in [4.69, 9.17) is 4.74 Å². The molecule has 0 aliphatic rings. The van der Waals surface area contributed by atoms with Gasteiger partial charge in [0.2, 0.25) is 5.90 Å². The third kappa shape index (κ3) is 5.41. The van der Waals surface area contributed by atoms with Gasteiger partial charge in [-0.2, -0.15) is 18.3 Å². The lowest BCUT2D eigenvalue weighted by Gasteiger charge is -2.09. The fourth-order valence-electron chi connectivity index (χ4n) is 2.01. The van der Waals surface area contributed by atoms with Crippen LogP contribution in [0.15, 0.2) is 58.7 Å². The van der Waals surface area contributed by atoms with Crippen molar-refractivity contribution in [1.29, 1.82) is 0 Å². The van der Waals surface area contributed by atoms with E-state index in [-0.39, 0.29) is 6.42 Å². The van der Waals surface area contributed by atoms with Gasteiger partial charge < -0.3 is 4.74 Å². The average molecular weight is 352 g/mol. The summed E-state index contributed by atoms with van der Waals surface area (Å²) in [4.78, 5) is 0. The molecule has 2 aromatic rings. The smallest absolute Gasteiger partial charge is 0.416 e. The second-order valence-electron chi connectivity index (χ2n) is 5.25. The van der Waals surface area contributed by atoms with E-state index in [1.165, 1.54) is 43.5 Å². The molecular weight excluding hydrogens is 336 g/mol. The van der Waals surface area contributed by atoms with Crippen LogP contribution in [-0.2, 0) is 17.3 Å². The number of halogens is 4. The van der Waals surface area contributed by atoms with Gasteiger partial charge in [0, 0.05) is 13.3 Å². The highest BCUT2D eigenvalue weighted by Crippen LogP contribution is 2.29. The molecule has 0 bridgehead atoms. The van der Waals surface area contributed by atoms with Crippen molar-refractivity contribution in [2.24, 2.45) is 10.2 Å². The highest BCUT2D eigenvalue weighted by atomic mass is 19.4. The SMILES string of the molecule is CO/C(C)=N/N=C(/Cc1ccc(C(F)(F)F)cc1)c1ccc(F)cc1. The Morgan fingerprint density at radius 1 is 0.960 bits per heavy atom. The summed E-state index contributed by atoms with van der Waals surface area (Å²) in [5.74, 6) is -0.0683. The van der Waals surface area contributed by atoms with Crippen molar-refractivity contribution in [2.75, 3.05) is 7.11 Å². The maximum atomic E-state index is 13.1. The Hall–Kier alpha value is -2.70. The number of alkyl halides is 3. The molecule has 0 saturated carbocycles. The zero-order valence-electron chi connectivity index (χ0n) is 13.6. The van der Waals surface area contributed by atoms with E-state index in [2.05, 4.69) is 10.2 Å². The third-order valence-corrected chi connectivity index (χ3v) is 3.44. The topological polar surface area (TPSA) is 34.0 Å². The molecular formula is C18H16F4N2O. The third-order valence-electron chi connectivity index (χ3n) is 3.44. The predicted octanol–water partition coefficient (Wildman–Crippen LogP) is 4.86. The molecule has 7 heteroatoms. The number of benzene rings is 2. The fraction of sp³-hybridized carbons (Fsp3) is 0.222. The quantitative estimate of drug-likeness (QED) is 0.335. The van der Waals surface area contributed by atoms with E-state index in [1.54, 1.807) is 6.92 Å². The highest BCUT2D eigenvalue weighted by Gasteiger charge is 2.29. The van der Waals surface area contributed by atoms with Gasteiger partial charge in [-0.15, -0.1) is 5.10 Å². The maximum absolute atomic E-state index is 13.1. The summed E-state index contributed by atoms with van der Waals surface area (Å²) in [6, 6.07) is 10.4. The van der Waals surface area contributed by atoms with Crippen molar-refractivity contribution in [1.82, 2.24) is 0 Å². The second kappa shape index (κ2) is 7.92. The van der Waals surface area contributed by atoms with Gasteiger partial charge >= 0.3 is 6.18 Å². The van der Waals surface area contributed by atoms with E-state index in [0.717, 1.165) is 12.1 Å². The normalized spacial score (nSPS) is 13.0. The molecule has 2 rings (SSSR count). The average Bonchev–Trinajstić information content (AvgIpc) is 2.58. The summed E-state index contributed by atoms with van der Waals surface area (Å²) >= 11 is 0. The van der Waals surface area contributed by atoms with Crippen molar-refractivity contribution >= 4 is 11.6 Å². The van der Waals surface area contributed by atoms with Crippen molar-refractivity contribution in [2.45, 2.75) is 19.5 Å². The highest BCUT2D eigenvalue weighted by molar-refractivity contribution is 6.02. The van der Waals surface area contributed by atoms with E-state index in [0.29, 0.717) is 22.7 Å². The van der Waals surface area contributed by atoms with E-state index in [1.807, 2.05) is 0 Å². The lowest BCUT2D eigenvalue weighted by atomic mass is 10.0. The number of hydrogen-bond donors (Lipinski definition) is 0. The van der Waals surface area contributed by atoms with E-state index in [9.17, 15) is 17.6 Å². The number of ether oxygens (including phenoxy) is 1. The van der Waals surface area contributed by atoms with Crippen molar-refractivity contribution in [3.8, 4) is 0 Å². The van der Waals surface area contributed by atoms with Gasteiger partial charge in [0.15, 0.2) is 0 Å². The number of methoxy groups -OCH3 is 1. The van der Waals surface area contributed by atoms with Crippen LogP contribution in [0.4, 0.5) is 17.6 Å². The second-order valence-corrected chi connectivity index (χ2v) is 5.25. The zero-order valence-corrected chi connectivity index (χ0v) is 13.6. The van der Waals surface area contributed by atoms with Crippen LogP contribution < -0.4 is 0 Å². The summed E-state index contributed by atoms with van der Waals surface area (Å²) in [5.41, 5.74) is 1.01. The van der Waals surface area contributed by atoms with Gasteiger partial charge in [0.05, 0.1) is 18.4 Å². The molecule has 0 aromatic heterocycles. The Labute approximate surface area is 142 Å². The van der Waals surface area contributed by atoms with E-state index >= 15 is 0 Å². The Kier molecular flexibility index (Phi) is 5.90. The summed E-state index contributed by atoms with van der Waals surface area (Å²) < 4.78 is 56.0. The predicted molar refractivity (Wildman–Crippen MR) is 88.2 cm³/mol. The monoisotopic (exact) mass is 352 g/mol. The standard InChI is InChI=1S/C18H16F4N2O/c1-12(25-2)23-24-17(14-5-9-16(19)10-6-14)11-13-3-7-15(8-4-13)18(20,21)22/h3-10H,11H2,1-2H3/b23-12+,24-17-. The molecule has 3 nitrogen and oxygen atoms in total. The van der Waals surface area contributed by atoms with Crippen molar-refractivity contribution < 1.29 is 22.3 Å². The van der Waals surface area contributed by atoms with Crippen LogP contribution >= 0.6 is 0 Å². The van der Waals surface area contributed by atoms with Gasteiger partial charge in [-0.1, -0.05) is 24.3 Å². The van der Waals surface area contributed by atoms with Gasteiger partial charge in [0.1, 0.15) is 5.82 Å². The molecule has 0 amide bonds. The van der Waals surface area contributed by atoms with Crippen LogP contribution in [0.25, 0.3) is 0 Å². The first-order chi connectivity index (χ1) is 11.8. The van der Waals surface area contributed by atoms with Gasteiger partial charge in [-0.3, -0.25) is 0 Å². The summed E-state index contributed by atoms with van der Waals surface area (Å²) in [6.45, 7) is 1.61. The Bertz CT molecular complexity index is 763. The van der Waals surface area contributed by atoms with Gasteiger partial charge in [-0.25, -0.2) is 4.39 Å². The van der Waals surface area contributed by atoms with Crippen LogP contribution in [-0.4, -0.2) is 18.7 Å². The first kappa shape index (κ1) is 18.6. The van der Waals surface area contributed by atoms with Gasteiger partial charge in [-0.05, 0) is 35.4 Å². The summed E-state index contributed by atoms with van der Waals surface area (Å²) in [5, 5.41) is 8.00. The van der Waals surface area contributed by atoms with Crippen LogP contribution in [0, 0.1) is 5.82 Å². The molecule has 0 spiro atoms. The lowest BCUT2D eigenvalue weighted by Crippen LogP contribution is -2.08.